The van der Waals surface area contributed by atoms with Crippen molar-refractivity contribution in [1.82, 2.24) is 29.3 Å². The maximum absolute atomic E-state index is 13.7. The quantitative estimate of drug-likeness (QED) is 0.310. The minimum Gasteiger partial charge on any atom is -0.497 e. The van der Waals surface area contributed by atoms with Crippen molar-refractivity contribution in [2.75, 3.05) is 27.2 Å². The van der Waals surface area contributed by atoms with Crippen LogP contribution in [-0.2, 0) is 34.5 Å². The van der Waals surface area contributed by atoms with Crippen molar-refractivity contribution >= 4 is 33.2 Å². The Morgan fingerprint density at radius 2 is 1.70 bits per heavy atom. The van der Waals surface area contributed by atoms with Gasteiger partial charge in [-0.2, -0.15) is 17.5 Å². The Morgan fingerprint density at radius 1 is 1.11 bits per heavy atom. The first kappa shape index (κ1) is 35.2. The lowest BCUT2D eigenvalue weighted by Gasteiger charge is -2.23. The fourth-order valence-electron chi connectivity index (χ4n) is 4.96. The number of carboxylic acid groups (broad SMARTS) is 1. The molecule has 3 aromatic rings. The van der Waals surface area contributed by atoms with Crippen LogP contribution in [0.2, 0.25) is 0 Å². The first-order valence-corrected chi connectivity index (χ1v) is 16.6. The molecule has 0 spiro atoms. The topological polar surface area (TPSA) is 159 Å². The summed E-state index contributed by atoms with van der Waals surface area (Å²) in [5.74, 6) is -2.30. The van der Waals surface area contributed by atoms with Gasteiger partial charge in [-0.1, -0.05) is 11.3 Å². The molecular weight excluding hydrogens is 653 g/mol. The molecule has 1 N–H and O–H groups in total. The number of hydrogen-bond acceptors (Lipinski definition) is 11. The molecule has 0 radical (unpaired) electrons. The van der Waals surface area contributed by atoms with E-state index in [1.807, 2.05) is 0 Å². The number of carbonyl (C=O) groups is 2. The normalized spacial score (nSPS) is 15.5. The predicted octanol–water partition coefficient (Wildman–Crippen LogP) is 4.01. The zero-order valence-corrected chi connectivity index (χ0v) is 27.3. The summed E-state index contributed by atoms with van der Waals surface area (Å²) >= 11 is 1.51. The molecule has 252 valence electrons. The van der Waals surface area contributed by atoms with E-state index in [0.29, 0.717) is 23.4 Å². The van der Waals surface area contributed by atoms with Gasteiger partial charge in [0.1, 0.15) is 22.0 Å². The molecule has 5 rings (SSSR count). The van der Waals surface area contributed by atoms with Crippen molar-refractivity contribution in [2.24, 2.45) is 0 Å². The fraction of sp³-hybridized carbons (Fsp3) is 0.536. The lowest BCUT2D eigenvalue weighted by Crippen LogP contribution is -2.34. The van der Waals surface area contributed by atoms with Gasteiger partial charge >= 0.3 is 12.1 Å². The third kappa shape index (κ3) is 8.80. The molecule has 0 atom stereocenters. The van der Waals surface area contributed by atoms with Crippen LogP contribution in [0.4, 0.5) is 13.2 Å². The van der Waals surface area contributed by atoms with E-state index < -0.39 is 22.2 Å². The number of nitrogens with zero attached hydrogens (tertiary/aromatic N) is 6. The lowest BCUT2D eigenvalue weighted by molar-refractivity contribution is -0.192. The Kier molecular flexibility index (Phi) is 11.1. The van der Waals surface area contributed by atoms with Gasteiger partial charge in [0.05, 0.1) is 31.6 Å². The second kappa shape index (κ2) is 14.4. The highest BCUT2D eigenvalue weighted by Crippen LogP contribution is 2.36. The molecule has 1 aliphatic heterocycles. The van der Waals surface area contributed by atoms with E-state index in [0.717, 1.165) is 42.5 Å². The summed E-state index contributed by atoms with van der Waals surface area (Å²) in [6.45, 7) is 6.73. The number of sulfonamides is 1. The zero-order valence-electron chi connectivity index (χ0n) is 25.7. The number of aliphatic carboxylic acids is 1. The maximum atomic E-state index is 13.7. The Labute approximate surface area is 268 Å². The number of ether oxygens (including phenoxy) is 1. The summed E-state index contributed by atoms with van der Waals surface area (Å²) < 4.78 is 71.5. The minimum atomic E-state index is -5.08. The Bertz CT molecular complexity index is 1630. The van der Waals surface area contributed by atoms with E-state index in [4.69, 9.17) is 19.1 Å². The van der Waals surface area contributed by atoms with Crippen LogP contribution in [0.3, 0.4) is 0 Å². The van der Waals surface area contributed by atoms with Crippen LogP contribution in [0.1, 0.15) is 63.2 Å². The Morgan fingerprint density at radius 3 is 2.24 bits per heavy atom. The number of aryl methyl sites for hydroxylation is 2. The van der Waals surface area contributed by atoms with Crippen molar-refractivity contribution < 1.29 is 45.4 Å². The predicted molar refractivity (Wildman–Crippen MR) is 159 cm³/mol. The standard InChI is InChI=1S/C26H34N6O5S2.C2HF3O2/c1-17-11-20(36-4)12-18(2)25(17)39(34,35)32(19-7-8-19)13-22-27-21(16-37-22)26(33)30(3)14-23-28-29-24(38-23)15-31-9-5-6-10-31;3-2(4,5)1(6)7/h11-12,16,19H,5-10,13-15H2,1-4H3;(H,6,7). The van der Waals surface area contributed by atoms with Gasteiger partial charge in [0.25, 0.3) is 5.91 Å². The van der Waals surface area contributed by atoms with Crippen molar-refractivity contribution in [1.29, 1.82) is 0 Å². The van der Waals surface area contributed by atoms with Gasteiger partial charge in [0.15, 0.2) is 5.69 Å². The summed E-state index contributed by atoms with van der Waals surface area (Å²) in [7, 11) is -0.603. The number of alkyl halides is 3. The maximum Gasteiger partial charge on any atom is 0.490 e. The van der Waals surface area contributed by atoms with Crippen LogP contribution in [0, 0.1) is 13.8 Å². The number of oxazole rings is 1. The van der Waals surface area contributed by atoms with Crippen molar-refractivity contribution in [3.63, 3.8) is 0 Å². The van der Waals surface area contributed by atoms with Crippen LogP contribution in [0.15, 0.2) is 27.7 Å². The molecule has 1 saturated heterocycles. The van der Waals surface area contributed by atoms with Crippen molar-refractivity contribution in [3.05, 3.63) is 51.1 Å². The largest absolute Gasteiger partial charge is 0.497 e. The Hall–Kier alpha value is -3.61. The van der Waals surface area contributed by atoms with Gasteiger partial charge < -0.3 is 19.2 Å². The molecule has 1 saturated carbocycles. The van der Waals surface area contributed by atoms with Gasteiger partial charge in [-0.3, -0.25) is 9.69 Å². The van der Waals surface area contributed by atoms with Crippen LogP contribution in [-0.4, -0.2) is 94.2 Å². The summed E-state index contributed by atoms with van der Waals surface area (Å²) in [6.07, 6.45) is 0.171. The summed E-state index contributed by atoms with van der Waals surface area (Å²) in [5, 5.41) is 17.3. The molecule has 0 bridgehead atoms. The molecule has 0 unspecified atom stereocenters. The van der Waals surface area contributed by atoms with Gasteiger partial charge in [0.2, 0.25) is 15.9 Å². The summed E-state index contributed by atoms with van der Waals surface area (Å²) in [6, 6.07) is 3.31. The number of halogens is 3. The highest BCUT2D eigenvalue weighted by Gasteiger charge is 2.41. The number of likely N-dealkylation sites (tertiary alicyclic amines) is 1. The molecule has 1 amide bonds. The number of aromatic nitrogens is 3. The third-order valence-corrected chi connectivity index (χ3v) is 10.4. The highest BCUT2D eigenvalue weighted by molar-refractivity contribution is 7.89. The molecule has 2 fully saturated rings. The molecule has 46 heavy (non-hydrogen) atoms. The van der Waals surface area contributed by atoms with Crippen molar-refractivity contribution in [2.45, 2.75) is 76.3 Å². The van der Waals surface area contributed by atoms with E-state index in [2.05, 4.69) is 20.1 Å². The third-order valence-electron chi connectivity index (χ3n) is 7.28. The number of methoxy groups -OCH3 is 1. The van der Waals surface area contributed by atoms with E-state index in [1.165, 1.54) is 39.6 Å². The average Bonchev–Trinajstić information content (AvgIpc) is 3.31. The van der Waals surface area contributed by atoms with Crippen LogP contribution in [0.5, 0.6) is 5.75 Å². The number of hydrogen-bond donors (Lipinski definition) is 1. The molecule has 13 nitrogen and oxygen atoms in total. The molecule has 2 aliphatic rings. The van der Waals surface area contributed by atoms with Crippen molar-refractivity contribution in [3.8, 4) is 5.75 Å². The zero-order chi connectivity index (χ0) is 33.8. The van der Waals surface area contributed by atoms with E-state index in [-0.39, 0.29) is 35.0 Å². The lowest BCUT2D eigenvalue weighted by atomic mass is 10.1. The van der Waals surface area contributed by atoms with Gasteiger partial charge in [-0.25, -0.2) is 18.2 Å². The molecule has 18 heteroatoms. The second-order valence-corrected chi connectivity index (χ2v) is 14.0. The first-order valence-electron chi connectivity index (χ1n) is 14.3. The van der Waals surface area contributed by atoms with Crippen LogP contribution >= 0.6 is 11.3 Å². The average molecular weight is 689 g/mol. The highest BCUT2D eigenvalue weighted by atomic mass is 32.2. The molecule has 1 aromatic carbocycles. The molecule has 2 aromatic heterocycles. The number of rotatable bonds is 11. The molecule has 1 aliphatic carbocycles. The summed E-state index contributed by atoms with van der Waals surface area (Å²) in [5.41, 5.74) is 1.35. The first-order chi connectivity index (χ1) is 21.6. The van der Waals surface area contributed by atoms with E-state index in [9.17, 15) is 26.4 Å². The number of amides is 1. The van der Waals surface area contributed by atoms with Gasteiger partial charge in [-0.15, -0.1) is 10.2 Å². The van der Waals surface area contributed by atoms with Gasteiger partial charge in [-0.05, 0) is 75.9 Å². The summed E-state index contributed by atoms with van der Waals surface area (Å²) in [4.78, 5) is 30.4. The Balaban J connectivity index is 0.000000617. The fourth-order valence-corrected chi connectivity index (χ4v) is 7.95. The smallest absolute Gasteiger partial charge is 0.490 e. The monoisotopic (exact) mass is 688 g/mol. The molecule has 3 heterocycles. The minimum absolute atomic E-state index is 0.0504. The van der Waals surface area contributed by atoms with Gasteiger partial charge in [0, 0.05) is 13.1 Å². The van der Waals surface area contributed by atoms with E-state index >= 15 is 0 Å². The number of carbonyl (C=O) groups excluding carboxylic acids is 1. The number of benzene rings is 1. The van der Waals surface area contributed by atoms with Crippen LogP contribution in [0.25, 0.3) is 0 Å². The SMILES string of the molecule is COc1cc(C)c(S(=O)(=O)N(Cc2nc(C(=O)N(C)Cc3nnc(CN4CCCC4)s3)co2)C2CC2)c(C)c1.O=C(O)C(F)(F)F. The number of carboxylic acids is 1. The van der Waals surface area contributed by atoms with Crippen LogP contribution < -0.4 is 4.74 Å². The van der Waals surface area contributed by atoms with E-state index in [1.54, 1.807) is 40.1 Å². The molecular formula is C28H35F3N6O7S2. The second-order valence-electron chi connectivity index (χ2n) is 11.0.